The van der Waals surface area contributed by atoms with Crippen LogP contribution in [-0.2, 0) is 18.9 Å². The van der Waals surface area contributed by atoms with E-state index < -0.39 is 18.9 Å². The molecule has 0 heterocycles. The molecule has 0 spiro atoms. The standard InChI is InChI=1S/2C14H15.C3H6.2ClH.Zr/c2*1-2-6-11(5-1)14-10-9-12-7-3-4-8-13(12)14;1-3-2;;;/h2*3-4,7-11H,1-2,5-6H2;1-2H3;2*1H;/q2*-1;;;;+2/p-2. The van der Waals surface area contributed by atoms with Gasteiger partial charge in [-0.05, 0) is 0 Å². The summed E-state index contributed by atoms with van der Waals surface area (Å²) in [6, 6.07) is 26.7. The minimum absolute atomic E-state index is 0.842. The van der Waals surface area contributed by atoms with E-state index in [0.717, 1.165) is 11.8 Å². The first-order valence-electron chi connectivity index (χ1n) is 12.8. The Bertz CT molecular complexity index is 1110. The topological polar surface area (TPSA) is 0 Å². The third-order valence-electron chi connectivity index (χ3n) is 7.40. The Hall–Kier alpha value is -1.01. The van der Waals surface area contributed by atoms with E-state index in [1.54, 1.807) is 11.1 Å². The van der Waals surface area contributed by atoms with Crippen LogP contribution < -0.4 is 0 Å². The summed E-state index contributed by atoms with van der Waals surface area (Å²) in [5.74, 6) is 1.68. The first kappa shape index (κ1) is 26.1. The molecule has 0 nitrogen and oxygen atoms in total. The molecule has 0 radical (unpaired) electrons. The van der Waals surface area contributed by atoms with Gasteiger partial charge >= 0.3 is 53.0 Å². The van der Waals surface area contributed by atoms with Crippen molar-refractivity contribution in [1.29, 1.82) is 0 Å². The van der Waals surface area contributed by atoms with E-state index in [-0.39, 0.29) is 0 Å². The van der Waals surface area contributed by atoms with Crippen LogP contribution in [-0.4, -0.2) is 3.21 Å². The molecule has 2 aliphatic rings. The minimum Gasteiger partial charge on any atom is -0.150 e. The summed E-state index contributed by atoms with van der Waals surface area (Å²) >= 11 is -1.84. The quantitative estimate of drug-likeness (QED) is 0.210. The van der Waals surface area contributed by atoms with E-state index in [2.05, 4.69) is 72.8 Å². The van der Waals surface area contributed by atoms with Crippen molar-refractivity contribution in [3.8, 4) is 0 Å². The van der Waals surface area contributed by atoms with Crippen molar-refractivity contribution in [3.63, 3.8) is 0 Å². The molecular formula is C31H36Cl2Zr-2. The molecule has 2 fully saturated rings. The molecular weight excluding hydrogens is 534 g/mol. The molecule has 0 amide bonds. The molecule has 2 aliphatic carbocycles. The van der Waals surface area contributed by atoms with Gasteiger partial charge in [0.15, 0.2) is 0 Å². The van der Waals surface area contributed by atoms with Crippen LogP contribution >= 0.6 is 17.0 Å². The SMILES string of the molecule is C[C](C)=[Zr]([Cl])[Cl].c1ccc2c(C3CCCC3)c[cH-]c2c1.c1ccc2c(C3CCCC3)c[cH-]c2c1. The Morgan fingerprint density at radius 2 is 1.03 bits per heavy atom. The molecule has 0 atom stereocenters. The van der Waals surface area contributed by atoms with Crippen molar-refractivity contribution >= 4 is 41.8 Å². The minimum atomic E-state index is -1.84. The third-order valence-corrected chi connectivity index (χ3v) is 13.7. The Balaban J connectivity index is 0.000000132. The molecule has 0 aliphatic heterocycles. The van der Waals surface area contributed by atoms with Gasteiger partial charge in [-0.2, -0.15) is 11.1 Å². The fourth-order valence-electron chi connectivity index (χ4n) is 5.53. The van der Waals surface area contributed by atoms with E-state index in [9.17, 15) is 0 Å². The van der Waals surface area contributed by atoms with Crippen LogP contribution in [0.1, 0.15) is 88.2 Å². The number of hydrogen-bond acceptors (Lipinski definition) is 0. The summed E-state index contributed by atoms with van der Waals surface area (Å²) < 4.78 is 1.24. The number of fused-ring (bicyclic) bond motifs is 2. The Labute approximate surface area is 220 Å². The zero-order valence-corrected chi connectivity index (χ0v) is 24.5. The largest absolute Gasteiger partial charge is 0.150 e. The van der Waals surface area contributed by atoms with Gasteiger partial charge in [0.05, 0.1) is 0 Å². The van der Waals surface area contributed by atoms with Gasteiger partial charge < -0.3 is 0 Å². The number of hydrogen-bond donors (Lipinski definition) is 0. The molecule has 180 valence electrons. The van der Waals surface area contributed by atoms with Crippen molar-refractivity contribution in [3.05, 3.63) is 83.9 Å². The maximum Gasteiger partial charge on any atom is -0.0535 e. The van der Waals surface area contributed by atoms with Crippen molar-refractivity contribution in [2.45, 2.75) is 77.0 Å². The van der Waals surface area contributed by atoms with Crippen molar-refractivity contribution < 1.29 is 18.9 Å². The molecule has 6 rings (SSSR count). The van der Waals surface area contributed by atoms with Gasteiger partial charge in [-0.3, -0.25) is 0 Å². The normalized spacial score (nSPS) is 16.2. The van der Waals surface area contributed by atoms with E-state index in [1.807, 2.05) is 13.8 Å². The van der Waals surface area contributed by atoms with E-state index in [1.165, 1.54) is 76.1 Å². The molecule has 0 saturated heterocycles. The second-order valence-electron chi connectivity index (χ2n) is 9.98. The molecule has 4 aromatic carbocycles. The first-order chi connectivity index (χ1) is 16.5. The summed E-state index contributed by atoms with van der Waals surface area (Å²) in [5.41, 5.74) is 3.19. The van der Waals surface area contributed by atoms with Crippen LogP contribution in [0.2, 0.25) is 0 Å². The summed E-state index contributed by atoms with van der Waals surface area (Å²) in [7, 11) is 11.1. The molecule has 2 saturated carbocycles. The van der Waals surface area contributed by atoms with Crippen LogP contribution in [0.3, 0.4) is 0 Å². The second kappa shape index (κ2) is 12.8. The first-order valence-corrected chi connectivity index (χ1v) is 20.4. The van der Waals surface area contributed by atoms with E-state index >= 15 is 0 Å². The summed E-state index contributed by atoms with van der Waals surface area (Å²) in [6.45, 7) is 3.96. The van der Waals surface area contributed by atoms with Crippen molar-refractivity contribution in [2.24, 2.45) is 0 Å². The number of benzene rings is 2. The van der Waals surface area contributed by atoms with Gasteiger partial charge in [0.25, 0.3) is 0 Å². The average molecular weight is 571 g/mol. The molecule has 0 bridgehead atoms. The predicted molar refractivity (Wildman–Crippen MR) is 150 cm³/mol. The summed E-state index contributed by atoms with van der Waals surface area (Å²) in [6.07, 6.45) is 11.3. The number of halogens is 2. The van der Waals surface area contributed by atoms with Crippen LogP contribution in [0.5, 0.6) is 0 Å². The Morgan fingerprint density at radius 1 is 0.676 bits per heavy atom. The monoisotopic (exact) mass is 568 g/mol. The zero-order valence-electron chi connectivity index (χ0n) is 20.5. The van der Waals surface area contributed by atoms with Gasteiger partial charge in [-0.25, -0.2) is 0 Å². The zero-order chi connectivity index (χ0) is 23.9. The van der Waals surface area contributed by atoms with Gasteiger partial charge in [0.1, 0.15) is 0 Å². The van der Waals surface area contributed by atoms with Crippen molar-refractivity contribution in [1.82, 2.24) is 0 Å². The molecule has 34 heavy (non-hydrogen) atoms. The van der Waals surface area contributed by atoms with E-state index in [4.69, 9.17) is 17.0 Å². The van der Waals surface area contributed by atoms with Crippen LogP contribution in [0.15, 0.2) is 72.8 Å². The fraction of sp³-hybridized carbons (Fsp3) is 0.387. The summed E-state index contributed by atoms with van der Waals surface area (Å²) in [4.78, 5) is 0. The number of rotatable bonds is 2. The van der Waals surface area contributed by atoms with Gasteiger partial charge in [0.2, 0.25) is 0 Å². The fourth-order valence-corrected chi connectivity index (χ4v) is 5.53. The maximum absolute atomic E-state index is 5.54. The van der Waals surface area contributed by atoms with Crippen LogP contribution in [0.25, 0.3) is 21.5 Å². The Morgan fingerprint density at radius 3 is 1.38 bits per heavy atom. The Kier molecular flexibility index (Phi) is 9.82. The molecule has 0 N–H and O–H groups in total. The maximum atomic E-state index is 5.54. The molecule has 3 heteroatoms. The van der Waals surface area contributed by atoms with E-state index in [0.29, 0.717) is 0 Å². The van der Waals surface area contributed by atoms with Gasteiger partial charge in [0, 0.05) is 0 Å². The van der Waals surface area contributed by atoms with Crippen molar-refractivity contribution in [2.75, 3.05) is 0 Å². The molecule has 4 aromatic rings. The third kappa shape index (κ3) is 6.60. The molecule has 0 unspecified atom stereocenters. The average Bonchev–Trinajstić information content (AvgIpc) is 3.65. The smallest absolute Gasteiger partial charge is 0.0535 e. The van der Waals surface area contributed by atoms with Crippen LogP contribution in [0, 0.1) is 0 Å². The van der Waals surface area contributed by atoms with Gasteiger partial charge in [-0.1, -0.05) is 75.3 Å². The van der Waals surface area contributed by atoms with Crippen LogP contribution in [0.4, 0.5) is 0 Å². The van der Waals surface area contributed by atoms with Gasteiger partial charge in [-0.15, -0.1) is 82.2 Å². The molecule has 0 aromatic heterocycles. The predicted octanol–water partition coefficient (Wildman–Crippen LogP) is 10.6. The second-order valence-corrected chi connectivity index (χ2v) is 19.3. The summed E-state index contributed by atoms with van der Waals surface area (Å²) in [5, 5.41) is 5.79.